The molecule has 2 aromatic rings. The van der Waals surface area contributed by atoms with Crippen molar-refractivity contribution in [3.63, 3.8) is 0 Å². The third-order valence-corrected chi connectivity index (χ3v) is 3.05. The summed E-state index contributed by atoms with van der Waals surface area (Å²) in [6, 6.07) is 8.85. The van der Waals surface area contributed by atoms with Crippen LogP contribution in [0, 0.1) is 6.92 Å². The quantitative estimate of drug-likeness (QED) is 0.911. The van der Waals surface area contributed by atoms with Crippen molar-refractivity contribution in [2.75, 3.05) is 11.9 Å². The highest BCUT2D eigenvalue weighted by Crippen LogP contribution is 2.17. The first-order valence-electron chi connectivity index (χ1n) is 6.65. The molecular weight excluding hydrogens is 254 g/mol. The average Bonchev–Trinajstić information content (AvgIpc) is 2.86. The Morgan fingerprint density at radius 2 is 2.05 bits per heavy atom. The maximum atomic E-state index is 12.2. The van der Waals surface area contributed by atoms with E-state index in [1.165, 1.54) is 0 Å². The number of carbonyl (C=O) groups is 1. The molecule has 1 heterocycles. The molecule has 20 heavy (non-hydrogen) atoms. The summed E-state index contributed by atoms with van der Waals surface area (Å²) in [6.45, 7) is 6.31. The minimum absolute atomic E-state index is 0.0963. The van der Waals surface area contributed by atoms with Crippen molar-refractivity contribution >= 4 is 11.6 Å². The topological polar surface area (TPSA) is 56.1 Å². The van der Waals surface area contributed by atoms with E-state index in [2.05, 4.69) is 10.4 Å². The van der Waals surface area contributed by atoms with Crippen LogP contribution in [0.2, 0.25) is 0 Å². The number of aromatic nitrogens is 2. The van der Waals surface area contributed by atoms with E-state index in [-0.39, 0.29) is 11.9 Å². The highest BCUT2D eigenvalue weighted by atomic mass is 16.5. The van der Waals surface area contributed by atoms with Gasteiger partial charge in [-0.1, -0.05) is 0 Å². The number of ether oxygens (including phenoxy) is 1. The van der Waals surface area contributed by atoms with E-state index in [9.17, 15) is 4.79 Å². The lowest BCUT2D eigenvalue weighted by Crippen LogP contribution is -2.25. The third-order valence-electron chi connectivity index (χ3n) is 3.05. The smallest absolute Gasteiger partial charge is 0.248 e. The second-order valence-electron chi connectivity index (χ2n) is 4.54. The molecule has 0 aliphatic rings. The number of rotatable bonds is 5. The van der Waals surface area contributed by atoms with E-state index in [0.717, 1.165) is 17.1 Å². The summed E-state index contributed by atoms with van der Waals surface area (Å²) < 4.78 is 7.06. The highest BCUT2D eigenvalue weighted by Gasteiger charge is 2.16. The first-order chi connectivity index (χ1) is 9.61. The summed E-state index contributed by atoms with van der Waals surface area (Å²) >= 11 is 0. The molecule has 0 aliphatic heterocycles. The van der Waals surface area contributed by atoms with Gasteiger partial charge in [0.15, 0.2) is 0 Å². The maximum absolute atomic E-state index is 12.2. The Morgan fingerprint density at radius 3 is 2.60 bits per heavy atom. The Kier molecular flexibility index (Phi) is 4.40. The van der Waals surface area contributed by atoms with Gasteiger partial charge in [0.1, 0.15) is 11.8 Å². The Morgan fingerprint density at radius 1 is 1.35 bits per heavy atom. The van der Waals surface area contributed by atoms with Crippen molar-refractivity contribution in [1.29, 1.82) is 0 Å². The molecule has 5 nitrogen and oxygen atoms in total. The van der Waals surface area contributed by atoms with Gasteiger partial charge in [0.2, 0.25) is 5.91 Å². The van der Waals surface area contributed by atoms with E-state index in [0.29, 0.717) is 6.61 Å². The van der Waals surface area contributed by atoms with E-state index < -0.39 is 0 Å². The number of nitrogens with one attached hydrogen (secondary N) is 1. The Labute approximate surface area is 118 Å². The van der Waals surface area contributed by atoms with Crippen LogP contribution in [0.15, 0.2) is 36.5 Å². The first-order valence-corrected chi connectivity index (χ1v) is 6.65. The summed E-state index contributed by atoms with van der Waals surface area (Å²) in [4.78, 5) is 12.2. The zero-order chi connectivity index (χ0) is 14.5. The number of aryl methyl sites for hydroxylation is 1. The number of carbonyl (C=O) groups excluding carboxylic acids is 1. The van der Waals surface area contributed by atoms with Gasteiger partial charge in [-0.15, -0.1) is 0 Å². The van der Waals surface area contributed by atoms with E-state index in [1.807, 2.05) is 51.1 Å². The Hall–Kier alpha value is -2.30. The van der Waals surface area contributed by atoms with Crippen molar-refractivity contribution < 1.29 is 9.53 Å². The van der Waals surface area contributed by atoms with Crippen molar-refractivity contribution in [1.82, 2.24) is 9.78 Å². The first kappa shape index (κ1) is 14.1. The number of anilines is 1. The SMILES string of the molecule is CCOc1ccc(NC(=O)C(C)n2nccc2C)cc1. The maximum Gasteiger partial charge on any atom is 0.248 e. The minimum atomic E-state index is -0.350. The van der Waals surface area contributed by atoms with Crippen LogP contribution in [0.25, 0.3) is 0 Å². The van der Waals surface area contributed by atoms with Gasteiger partial charge in [-0.2, -0.15) is 5.10 Å². The van der Waals surface area contributed by atoms with Crippen molar-refractivity contribution in [3.05, 3.63) is 42.2 Å². The number of benzene rings is 1. The molecule has 1 N–H and O–H groups in total. The van der Waals surface area contributed by atoms with E-state index >= 15 is 0 Å². The molecule has 1 atom stereocenters. The van der Waals surface area contributed by atoms with Gasteiger partial charge in [0, 0.05) is 17.6 Å². The molecule has 0 aliphatic carbocycles. The molecular formula is C15H19N3O2. The van der Waals surface area contributed by atoms with E-state index in [1.54, 1.807) is 10.9 Å². The van der Waals surface area contributed by atoms with Gasteiger partial charge in [-0.25, -0.2) is 0 Å². The second kappa shape index (κ2) is 6.23. The normalized spacial score (nSPS) is 11.9. The fraction of sp³-hybridized carbons (Fsp3) is 0.333. The summed E-state index contributed by atoms with van der Waals surface area (Å²) in [5.41, 5.74) is 1.70. The minimum Gasteiger partial charge on any atom is -0.494 e. The molecule has 1 amide bonds. The summed E-state index contributed by atoms with van der Waals surface area (Å²) in [7, 11) is 0. The number of hydrogen-bond acceptors (Lipinski definition) is 3. The van der Waals surface area contributed by atoms with Gasteiger partial charge in [-0.05, 0) is 51.1 Å². The number of hydrogen-bond donors (Lipinski definition) is 1. The summed E-state index contributed by atoms with van der Waals surface area (Å²) in [5, 5.41) is 7.02. The van der Waals surface area contributed by atoms with Gasteiger partial charge < -0.3 is 10.1 Å². The van der Waals surface area contributed by atoms with Crippen molar-refractivity contribution in [3.8, 4) is 5.75 Å². The second-order valence-corrected chi connectivity index (χ2v) is 4.54. The predicted octanol–water partition coefficient (Wildman–Crippen LogP) is 2.79. The highest BCUT2D eigenvalue weighted by molar-refractivity contribution is 5.93. The Bertz CT molecular complexity index is 575. The zero-order valence-electron chi connectivity index (χ0n) is 12.0. The largest absolute Gasteiger partial charge is 0.494 e. The third kappa shape index (κ3) is 3.17. The van der Waals surface area contributed by atoms with Crippen LogP contribution in [0.4, 0.5) is 5.69 Å². The average molecular weight is 273 g/mol. The zero-order valence-corrected chi connectivity index (χ0v) is 12.0. The van der Waals surface area contributed by atoms with Gasteiger partial charge in [0.05, 0.1) is 6.61 Å². The summed E-state index contributed by atoms with van der Waals surface area (Å²) in [5.74, 6) is 0.697. The fourth-order valence-corrected chi connectivity index (χ4v) is 1.94. The van der Waals surface area contributed by atoms with Gasteiger partial charge >= 0.3 is 0 Å². The van der Waals surface area contributed by atoms with Crippen LogP contribution in [0.3, 0.4) is 0 Å². The van der Waals surface area contributed by atoms with Crippen LogP contribution in [0.5, 0.6) is 5.75 Å². The Balaban J connectivity index is 2.02. The van der Waals surface area contributed by atoms with Crippen LogP contribution >= 0.6 is 0 Å². The standard InChI is InChI=1S/C15H19N3O2/c1-4-20-14-7-5-13(6-8-14)17-15(19)12(3)18-11(2)9-10-16-18/h5-10,12H,4H2,1-3H3,(H,17,19). The molecule has 106 valence electrons. The van der Waals surface area contributed by atoms with Crippen LogP contribution in [-0.4, -0.2) is 22.3 Å². The molecule has 0 bridgehead atoms. The van der Waals surface area contributed by atoms with Crippen LogP contribution in [-0.2, 0) is 4.79 Å². The molecule has 0 saturated carbocycles. The van der Waals surface area contributed by atoms with Crippen molar-refractivity contribution in [2.45, 2.75) is 26.8 Å². The molecule has 1 aromatic carbocycles. The molecule has 1 unspecified atom stereocenters. The predicted molar refractivity (Wildman–Crippen MR) is 77.9 cm³/mol. The molecule has 0 saturated heterocycles. The van der Waals surface area contributed by atoms with Crippen LogP contribution in [0.1, 0.15) is 25.6 Å². The van der Waals surface area contributed by atoms with Crippen LogP contribution < -0.4 is 10.1 Å². The van der Waals surface area contributed by atoms with Crippen molar-refractivity contribution in [2.24, 2.45) is 0 Å². The van der Waals surface area contributed by atoms with Gasteiger partial charge in [-0.3, -0.25) is 9.48 Å². The lowest BCUT2D eigenvalue weighted by molar-refractivity contribution is -0.119. The monoisotopic (exact) mass is 273 g/mol. The molecule has 1 aromatic heterocycles. The molecule has 0 spiro atoms. The number of nitrogens with zero attached hydrogens (tertiary/aromatic N) is 2. The van der Waals surface area contributed by atoms with Gasteiger partial charge in [0.25, 0.3) is 0 Å². The summed E-state index contributed by atoms with van der Waals surface area (Å²) in [6.07, 6.45) is 1.69. The fourth-order valence-electron chi connectivity index (χ4n) is 1.94. The molecule has 0 fully saturated rings. The lowest BCUT2D eigenvalue weighted by atomic mass is 10.2. The lowest BCUT2D eigenvalue weighted by Gasteiger charge is -2.14. The number of amides is 1. The molecule has 0 radical (unpaired) electrons. The molecule has 2 rings (SSSR count). The molecule has 5 heteroatoms. The van der Waals surface area contributed by atoms with E-state index in [4.69, 9.17) is 4.74 Å².